The highest BCUT2D eigenvalue weighted by Crippen LogP contribution is 2.21. The van der Waals surface area contributed by atoms with Crippen LogP contribution >= 0.6 is 0 Å². The molecule has 1 N–H and O–H groups in total. The first-order chi connectivity index (χ1) is 12.6. The average Bonchev–Trinajstić information content (AvgIpc) is 3.11. The maximum Gasteiger partial charge on any atom is 0.247 e. The summed E-state index contributed by atoms with van der Waals surface area (Å²) in [5, 5.41) is 10.8. The van der Waals surface area contributed by atoms with E-state index in [9.17, 15) is 9.18 Å². The second-order valence-electron chi connectivity index (χ2n) is 6.01. The molecule has 2 aromatic carbocycles. The van der Waals surface area contributed by atoms with Gasteiger partial charge in [0.05, 0.1) is 0 Å². The van der Waals surface area contributed by atoms with E-state index < -0.39 is 0 Å². The number of carbonyl (C=O) groups is 1. The minimum absolute atomic E-state index is 0.128. The minimum Gasteiger partial charge on any atom is -0.421 e. The number of nitrogens with one attached hydrogen (secondary N) is 1. The molecule has 0 aliphatic rings. The fraction of sp³-hybridized carbons (Fsp3) is 0.250. The van der Waals surface area contributed by atoms with Gasteiger partial charge in [-0.15, -0.1) is 10.2 Å². The van der Waals surface area contributed by atoms with Crippen LogP contribution in [0.15, 0.2) is 52.9 Å². The Morgan fingerprint density at radius 1 is 1.08 bits per heavy atom. The maximum atomic E-state index is 13.5. The van der Waals surface area contributed by atoms with Crippen molar-refractivity contribution in [2.75, 3.05) is 6.54 Å². The first-order valence-electron chi connectivity index (χ1n) is 8.52. The van der Waals surface area contributed by atoms with Crippen LogP contribution in [0.1, 0.15) is 23.4 Å². The average molecular weight is 353 g/mol. The lowest BCUT2D eigenvalue weighted by Crippen LogP contribution is -2.26. The molecule has 0 saturated carbocycles. The molecule has 26 heavy (non-hydrogen) atoms. The molecule has 0 aliphatic heterocycles. The lowest BCUT2D eigenvalue weighted by Gasteiger charge is -2.05. The van der Waals surface area contributed by atoms with E-state index >= 15 is 0 Å². The van der Waals surface area contributed by atoms with Crippen LogP contribution in [0.5, 0.6) is 0 Å². The Balaban J connectivity index is 1.46. The second-order valence-corrected chi connectivity index (χ2v) is 6.01. The molecular formula is C20H20FN3O2. The molecule has 0 fully saturated rings. The van der Waals surface area contributed by atoms with Crippen LogP contribution in [0.2, 0.25) is 0 Å². The summed E-state index contributed by atoms with van der Waals surface area (Å²) in [4.78, 5) is 11.9. The standard InChI is InChI=1S/C20H20FN3O2/c1-14-6-2-4-8-16(14)20-24-23-19(26-20)11-10-18(25)22-13-12-15-7-3-5-9-17(15)21/h2-9H,10-13H2,1H3,(H,22,25). The van der Waals surface area contributed by atoms with E-state index in [2.05, 4.69) is 15.5 Å². The minimum atomic E-state index is -0.253. The molecule has 6 heteroatoms. The molecule has 3 rings (SSSR count). The van der Waals surface area contributed by atoms with E-state index in [-0.39, 0.29) is 18.1 Å². The van der Waals surface area contributed by atoms with Gasteiger partial charge in [-0.05, 0) is 36.6 Å². The molecule has 0 saturated heterocycles. The predicted molar refractivity (Wildman–Crippen MR) is 95.9 cm³/mol. The van der Waals surface area contributed by atoms with E-state index in [0.29, 0.717) is 36.7 Å². The van der Waals surface area contributed by atoms with E-state index in [1.54, 1.807) is 18.2 Å². The molecule has 134 valence electrons. The third-order valence-corrected chi connectivity index (χ3v) is 4.08. The summed E-state index contributed by atoms with van der Waals surface area (Å²) in [6.07, 6.45) is 1.06. The first kappa shape index (κ1) is 17.8. The topological polar surface area (TPSA) is 68.0 Å². The molecule has 1 heterocycles. The van der Waals surface area contributed by atoms with Gasteiger partial charge in [0.25, 0.3) is 0 Å². The lowest BCUT2D eigenvalue weighted by atomic mass is 10.1. The van der Waals surface area contributed by atoms with Crippen LogP contribution in [-0.2, 0) is 17.6 Å². The van der Waals surface area contributed by atoms with E-state index in [1.165, 1.54) is 6.07 Å². The number of aromatic nitrogens is 2. The number of amides is 1. The van der Waals surface area contributed by atoms with Crippen molar-refractivity contribution >= 4 is 5.91 Å². The zero-order valence-corrected chi connectivity index (χ0v) is 14.5. The zero-order chi connectivity index (χ0) is 18.4. The Hall–Kier alpha value is -3.02. The quantitative estimate of drug-likeness (QED) is 0.706. The summed E-state index contributed by atoms with van der Waals surface area (Å²) >= 11 is 0. The van der Waals surface area contributed by atoms with Gasteiger partial charge in [-0.2, -0.15) is 0 Å². The molecule has 1 aromatic heterocycles. The highest BCUT2D eigenvalue weighted by Gasteiger charge is 2.12. The van der Waals surface area contributed by atoms with Gasteiger partial charge in [-0.3, -0.25) is 4.79 Å². The Morgan fingerprint density at radius 2 is 1.85 bits per heavy atom. The van der Waals surface area contributed by atoms with Crippen LogP contribution in [0, 0.1) is 12.7 Å². The number of benzene rings is 2. The Bertz CT molecular complexity index is 892. The van der Waals surface area contributed by atoms with Gasteiger partial charge in [0.1, 0.15) is 5.82 Å². The first-order valence-corrected chi connectivity index (χ1v) is 8.52. The van der Waals surface area contributed by atoms with Gasteiger partial charge in [-0.1, -0.05) is 36.4 Å². The van der Waals surface area contributed by atoms with Crippen LogP contribution in [0.4, 0.5) is 4.39 Å². The van der Waals surface area contributed by atoms with Crippen LogP contribution < -0.4 is 5.32 Å². The Morgan fingerprint density at radius 3 is 2.65 bits per heavy atom. The third kappa shape index (κ3) is 4.53. The molecule has 3 aromatic rings. The van der Waals surface area contributed by atoms with Crippen molar-refractivity contribution < 1.29 is 13.6 Å². The number of aryl methyl sites for hydroxylation is 2. The zero-order valence-electron chi connectivity index (χ0n) is 14.5. The van der Waals surface area contributed by atoms with Gasteiger partial charge < -0.3 is 9.73 Å². The molecule has 0 spiro atoms. The van der Waals surface area contributed by atoms with Crippen molar-refractivity contribution in [3.05, 3.63) is 71.4 Å². The lowest BCUT2D eigenvalue weighted by molar-refractivity contribution is -0.121. The number of nitrogens with zero attached hydrogens (tertiary/aromatic N) is 2. The van der Waals surface area contributed by atoms with Gasteiger partial charge >= 0.3 is 0 Å². The Labute approximate surface area is 151 Å². The van der Waals surface area contributed by atoms with Crippen molar-refractivity contribution in [1.82, 2.24) is 15.5 Å². The highest BCUT2D eigenvalue weighted by atomic mass is 19.1. The number of carbonyl (C=O) groups excluding carboxylic acids is 1. The molecule has 0 unspecified atom stereocenters. The summed E-state index contributed by atoms with van der Waals surface area (Å²) in [5.41, 5.74) is 2.53. The summed E-state index contributed by atoms with van der Waals surface area (Å²) in [5.74, 6) is 0.499. The molecule has 0 aliphatic carbocycles. The van der Waals surface area contributed by atoms with E-state index in [4.69, 9.17) is 4.42 Å². The second kappa shape index (κ2) is 8.38. The Kier molecular flexibility index (Phi) is 5.73. The number of hydrogen-bond acceptors (Lipinski definition) is 4. The molecular weight excluding hydrogens is 333 g/mol. The molecule has 0 atom stereocenters. The van der Waals surface area contributed by atoms with E-state index in [0.717, 1.165) is 11.1 Å². The van der Waals surface area contributed by atoms with Crippen LogP contribution in [-0.4, -0.2) is 22.6 Å². The van der Waals surface area contributed by atoms with Crippen molar-refractivity contribution in [2.45, 2.75) is 26.2 Å². The van der Waals surface area contributed by atoms with Crippen molar-refractivity contribution in [3.63, 3.8) is 0 Å². The summed E-state index contributed by atoms with van der Waals surface area (Å²) in [7, 11) is 0. The van der Waals surface area contributed by atoms with Crippen molar-refractivity contribution in [2.24, 2.45) is 0 Å². The van der Waals surface area contributed by atoms with Crippen LogP contribution in [0.3, 0.4) is 0 Å². The summed E-state index contributed by atoms with van der Waals surface area (Å²) < 4.78 is 19.2. The van der Waals surface area contributed by atoms with Crippen LogP contribution in [0.25, 0.3) is 11.5 Å². The number of rotatable bonds is 7. The van der Waals surface area contributed by atoms with Gasteiger partial charge in [0, 0.05) is 24.9 Å². The largest absolute Gasteiger partial charge is 0.421 e. The SMILES string of the molecule is Cc1ccccc1-c1nnc(CCC(=O)NCCc2ccccc2F)o1. The number of halogens is 1. The molecule has 0 radical (unpaired) electrons. The van der Waals surface area contributed by atoms with Gasteiger partial charge in [0.2, 0.25) is 17.7 Å². The van der Waals surface area contributed by atoms with Crippen molar-refractivity contribution in [3.8, 4) is 11.5 Å². The smallest absolute Gasteiger partial charge is 0.247 e. The monoisotopic (exact) mass is 353 g/mol. The summed E-state index contributed by atoms with van der Waals surface area (Å²) in [6, 6.07) is 14.3. The fourth-order valence-electron chi connectivity index (χ4n) is 2.62. The van der Waals surface area contributed by atoms with Crippen molar-refractivity contribution in [1.29, 1.82) is 0 Å². The highest BCUT2D eigenvalue weighted by molar-refractivity contribution is 5.76. The summed E-state index contributed by atoms with van der Waals surface area (Å²) in [6.45, 7) is 2.36. The molecule has 5 nitrogen and oxygen atoms in total. The normalized spacial score (nSPS) is 10.7. The molecule has 0 bridgehead atoms. The van der Waals surface area contributed by atoms with Gasteiger partial charge in [0.15, 0.2) is 0 Å². The van der Waals surface area contributed by atoms with E-state index in [1.807, 2.05) is 31.2 Å². The molecule has 1 amide bonds. The number of hydrogen-bond donors (Lipinski definition) is 1. The third-order valence-electron chi connectivity index (χ3n) is 4.08. The fourth-order valence-corrected chi connectivity index (χ4v) is 2.62. The van der Waals surface area contributed by atoms with Gasteiger partial charge in [-0.25, -0.2) is 4.39 Å². The maximum absolute atomic E-state index is 13.5. The predicted octanol–water partition coefficient (Wildman–Crippen LogP) is 3.48.